The van der Waals surface area contributed by atoms with Gasteiger partial charge < -0.3 is 14.7 Å². The Morgan fingerprint density at radius 3 is 2.60 bits per heavy atom. The summed E-state index contributed by atoms with van der Waals surface area (Å²) in [6.45, 7) is 7.93. The van der Waals surface area contributed by atoms with Crippen LogP contribution in [0.1, 0.15) is 18.1 Å². The Morgan fingerprint density at radius 1 is 1.16 bits per heavy atom. The Kier molecular flexibility index (Phi) is 3.49. The Hall–Kier alpha value is -2.57. The fraction of sp³-hybridized carbons (Fsp3) is 0.500. The molecule has 2 fully saturated rings. The molecule has 0 saturated carbocycles. The van der Waals surface area contributed by atoms with Crippen LogP contribution in [0, 0.1) is 13.8 Å². The molecule has 0 spiro atoms. The highest BCUT2D eigenvalue weighted by Crippen LogP contribution is 2.33. The van der Waals surface area contributed by atoms with Crippen molar-refractivity contribution in [1.29, 1.82) is 0 Å². The molecule has 1 aromatic carbocycles. The number of carbonyl (C=O) groups excluding carboxylic acids is 2. The quantitative estimate of drug-likeness (QED) is 0.816. The normalized spacial score (nSPS) is 25.5. The van der Waals surface area contributed by atoms with Crippen LogP contribution in [0.2, 0.25) is 0 Å². The van der Waals surface area contributed by atoms with Crippen LogP contribution in [0.5, 0.6) is 0 Å². The molecule has 0 N–H and O–H groups in total. The highest BCUT2D eigenvalue weighted by Gasteiger charge is 2.54. The van der Waals surface area contributed by atoms with Crippen LogP contribution < -0.4 is 4.90 Å². The molecule has 2 unspecified atom stereocenters. The first-order chi connectivity index (χ1) is 11.9. The molecule has 0 bridgehead atoms. The number of benzene rings is 1. The first-order valence-electron chi connectivity index (χ1n) is 8.71. The van der Waals surface area contributed by atoms with Gasteiger partial charge in [-0.15, -0.1) is 0 Å². The molecule has 0 radical (unpaired) electrons. The van der Waals surface area contributed by atoms with Gasteiger partial charge in [0.05, 0.1) is 0 Å². The van der Waals surface area contributed by atoms with E-state index < -0.39 is 12.2 Å². The average molecular weight is 341 g/mol. The predicted molar refractivity (Wildman–Crippen MR) is 95.5 cm³/mol. The van der Waals surface area contributed by atoms with E-state index in [1.807, 2.05) is 11.8 Å². The van der Waals surface area contributed by atoms with Crippen LogP contribution in [0.25, 0.3) is 0 Å². The second-order valence-corrected chi connectivity index (χ2v) is 6.88. The topological polar surface area (TPSA) is 59.5 Å². The molecule has 132 valence electrons. The lowest BCUT2D eigenvalue weighted by molar-refractivity contribution is -0.137. The maximum absolute atomic E-state index is 12.8. The van der Waals surface area contributed by atoms with Gasteiger partial charge in [0, 0.05) is 32.4 Å². The molecule has 1 aromatic rings. The van der Waals surface area contributed by atoms with Gasteiger partial charge in [0.25, 0.3) is 5.91 Å². The van der Waals surface area contributed by atoms with Gasteiger partial charge >= 0.3 is 6.03 Å². The van der Waals surface area contributed by atoms with Crippen molar-refractivity contribution in [3.63, 3.8) is 0 Å². The van der Waals surface area contributed by atoms with Gasteiger partial charge in [-0.25, -0.2) is 9.79 Å². The number of anilines is 1. The minimum Gasteiger partial charge on any atom is -0.325 e. The molecule has 7 heteroatoms. The summed E-state index contributed by atoms with van der Waals surface area (Å²) < 4.78 is 0. The van der Waals surface area contributed by atoms with E-state index in [1.165, 1.54) is 16.0 Å². The van der Waals surface area contributed by atoms with E-state index in [1.54, 1.807) is 11.9 Å². The molecule has 3 aliphatic heterocycles. The van der Waals surface area contributed by atoms with Crippen molar-refractivity contribution >= 4 is 23.6 Å². The number of aryl methyl sites for hydroxylation is 2. The number of likely N-dealkylation sites (N-methyl/N-ethyl adjacent to an activating group) is 2. The highest BCUT2D eigenvalue weighted by atomic mass is 16.2. The van der Waals surface area contributed by atoms with Crippen molar-refractivity contribution < 1.29 is 9.59 Å². The van der Waals surface area contributed by atoms with E-state index >= 15 is 0 Å². The van der Waals surface area contributed by atoms with Gasteiger partial charge in [-0.1, -0.05) is 6.07 Å². The standard InChI is InChI=1S/C18H23N5O2/c1-5-21-16(24)14-15(20(4)18(21)25)19-17-22(8-9-23(14)17)13-7-6-11(2)12(3)10-13/h6-7,10,14-15H,5,8-9H2,1-4H3. The van der Waals surface area contributed by atoms with Gasteiger partial charge in [-0.2, -0.15) is 0 Å². The number of imide groups is 1. The number of nitrogens with zero attached hydrogens (tertiary/aromatic N) is 5. The Balaban J connectivity index is 1.70. The number of rotatable bonds is 2. The number of carbonyl (C=O) groups is 2. The van der Waals surface area contributed by atoms with Crippen LogP contribution in [-0.2, 0) is 4.79 Å². The summed E-state index contributed by atoms with van der Waals surface area (Å²) in [4.78, 5) is 37.1. The number of hydrogen-bond acceptors (Lipinski definition) is 5. The second-order valence-electron chi connectivity index (χ2n) is 6.88. The lowest BCUT2D eigenvalue weighted by Crippen LogP contribution is -2.64. The average Bonchev–Trinajstić information content (AvgIpc) is 3.15. The minimum absolute atomic E-state index is 0.142. The van der Waals surface area contributed by atoms with Crippen molar-refractivity contribution in [1.82, 2.24) is 14.7 Å². The maximum Gasteiger partial charge on any atom is 0.328 e. The Bertz CT molecular complexity index is 790. The molecular weight excluding hydrogens is 318 g/mol. The Morgan fingerprint density at radius 2 is 1.92 bits per heavy atom. The number of urea groups is 1. The van der Waals surface area contributed by atoms with E-state index in [9.17, 15) is 9.59 Å². The third-order valence-corrected chi connectivity index (χ3v) is 5.50. The first kappa shape index (κ1) is 15.9. The van der Waals surface area contributed by atoms with Gasteiger partial charge in [-0.05, 0) is 44.0 Å². The number of aliphatic imine (C=N–C) groups is 1. The monoisotopic (exact) mass is 341 g/mol. The summed E-state index contributed by atoms with van der Waals surface area (Å²) in [5, 5.41) is 0. The van der Waals surface area contributed by atoms with Crippen molar-refractivity contribution in [2.75, 3.05) is 31.6 Å². The van der Waals surface area contributed by atoms with Gasteiger partial charge in [0.2, 0.25) is 5.96 Å². The third-order valence-electron chi connectivity index (χ3n) is 5.50. The summed E-state index contributed by atoms with van der Waals surface area (Å²) in [5.41, 5.74) is 3.56. The van der Waals surface area contributed by atoms with E-state index in [0.717, 1.165) is 24.7 Å². The van der Waals surface area contributed by atoms with Crippen molar-refractivity contribution in [2.24, 2.45) is 4.99 Å². The summed E-state index contributed by atoms with van der Waals surface area (Å²) in [6, 6.07) is 5.67. The summed E-state index contributed by atoms with van der Waals surface area (Å²) in [5.74, 6) is 0.653. The number of amides is 3. The molecule has 3 amide bonds. The zero-order valence-corrected chi connectivity index (χ0v) is 15.1. The summed E-state index contributed by atoms with van der Waals surface area (Å²) in [6.07, 6.45) is -0.438. The van der Waals surface area contributed by atoms with Crippen molar-refractivity contribution in [2.45, 2.75) is 33.0 Å². The highest BCUT2D eigenvalue weighted by molar-refractivity contribution is 6.08. The van der Waals surface area contributed by atoms with E-state index in [4.69, 9.17) is 4.99 Å². The zero-order valence-electron chi connectivity index (χ0n) is 15.1. The van der Waals surface area contributed by atoms with Gasteiger partial charge in [0.15, 0.2) is 12.2 Å². The van der Waals surface area contributed by atoms with Gasteiger partial charge in [0.1, 0.15) is 0 Å². The largest absolute Gasteiger partial charge is 0.328 e. The Labute approximate surface area is 147 Å². The molecule has 25 heavy (non-hydrogen) atoms. The molecule has 0 aromatic heterocycles. The van der Waals surface area contributed by atoms with Crippen LogP contribution in [0.3, 0.4) is 0 Å². The van der Waals surface area contributed by atoms with Crippen molar-refractivity contribution in [3.8, 4) is 0 Å². The lowest BCUT2D eigenvalue weighted by atomic mass is 10.1. The maximum atomic E-state index is 12.8. The predicted octanol–water partition coefficient (Wildman–Crippen LogP) is 1.40. The number of guanidine groups is 1. The molecule has 2 atom stereocenters. The van der Waals surface area contributed by atoms with Crippen LogP contribution >= 0.6 is 0 Å². The van der Waals surface area contributed by atoms with Crippen LogP contribution in [-0.4, -0.2) is 71.5 Å². The molecule has 3 heterocycles. The number of hydrogen-bond donors (Lipinski definition) is 0. The molecule has 7 nitrogen and oxygen atoms in total. The van der Waals surface area contributed by atoms with E-state index in [-0.39, 0.29) is 11.9 Å². The fourth-order valence-electron chi connectivity index (χ4n) is 3.87. The van der Waals surface area contributed by atoms with Crippen LogP contribution in [0.4, 0.5) is 10.5 Å². The first-order valence-corrected chi connectivity index (χ1v) is 8.71. The summed E-state index contributed by atoms with van der Waals surface area (Å²) in [7, 11) is 1.72. The molecule has 2 saturated heterocycles. The van der Waals surface area contributed by atoms with Gasteiger partial charge in [-0.3, -0.25) is 9.69 Å². The van der Waals surface area contributed by atoms with Crippen molar-refractivity contribution in [3.05, 3.63) is 29.3 Å². The zero-order chi connectivity index (χ0) is 17.9. The smallest absolute Gasteiger partial charge is 0.325 e. The molecule has 4 rings (SSSR count). The molecule has 0 aliphatic carbocycles. The third kappa shape index (κ3) is 2.14. The minimum atomic E-state index is -0.438. The van der Waals surface area contributed by atoms with Crippen LogP contribution in [0.15, 0.2) is 23.2 Å². The SMILES string of the molecule is CCN1C(=O)C2C(N=C3N(c4ccc(C)c(C)c4)CCN32)N(C)C1=O. The fourth-order valence-corrected chi connectivity index (χ4v) is 3.87. The lowest BCUT2D eigenvalue weighted by Gasteiger charge is -2.40. The number of fused-ring (bicyclic) bond motifs is 3. The summed E-state index contributed by atoms with van der Waals surface area (Å²) >= 11 is 0. The molecule has 3 aliphatic rings. The van der Waals surface area contributed by atoms with E-state index in [2.05, 4.69) is 36.9 Å². The second kappa shape index (κ2) is 5.47. The van der Waals surface area contributed by atoms with E-state index in [0.29, 0.717) is 6.54 Å². The molecular formula is C18H23N5O2.